The molecular formula is C20H31ClN2O5. The van der Waals surface area contributed by atoms with E-state index < -0.39 is 6.04 Å². The summed E-state index contributed by atoms with van der Waals surface area (Å²) in [4.78, 5) is 14.6. The fraction of sp³-hybridized carbons (Fsp3) is 0.650. The Hall–Kier alpha value is -1.70. The summed E-state index contributed by atoms with van der Waals surface area (Å²) >= 11 is 0. The minimum Gasteiger partial charge on any atom is -0.493 e. The zero-order valence-electron chi connectivity index (χ0n) is 16.6. The molecule has 2 N–H and O–H groups in total. The van der Waals surface area contributed by atoms with Crippen molar-refractivity contribution >= 4 is 18.3 Å². The molecular weight excluding hydrogens is 384 g/mol. The number of nitrogens with zero attached hydrogens (tertiary/aromatic N) is 1. The molecule has 1 atom stereocenters. The standard InChI is InChI=1S/C20H30N2O5.ClH/c1-24-16-4-3-5-17(25-2)19(16)27-15-6-10-22(11-7-15)20(23)18(21)14-8-12-26-13-9-14;/h3-5,14-15,18H,6-13,21H2,1-2H3;1H. The van der Waals surface area contributed by atoms with Crippen LogP contribution in [0.5, 0.6) is 17.2 Å². The number of carbonyl (C=O) groups is 1. The molecule has 158 valence electrons. The number of benzene rings is 1. The molecule has 0 aromatic heterocycles. The van der Waals surface area contributed by atoms with Gasteiger partial charge in [-0.1, -0.05) is 6.07 Å². The maximum Gasteiger partial charge on any atom is 0.239 e. The summed E-state index contributed by atoms with van der Waals surface area (Å²) in [5.74, 6) is 2.18. The van der Waals surface area contributed by atoms with Gasteiger partial charge in [0, 0.05) is 39.1 Å². The number of ether oxygens (including phenoxy) is 4. The molecule has 2 saturated heterocycles. The van der Waals surface area contributed by atoms with Crippen molar-refractivity contribution in [1.82, 2.24) is 4.90 Å². The summed E-state index contributed by atoms with van der Waals surface area (Å²) in [6, 6.07) is 5.14. The maximum absolute atomic E-state index is 12.7. The third-order valence-corrected chi connectivity index (χ3v) is 5.48. The van der Waals surface area contributed by atoms with Crippen molar-refractivity contribution in [3.8, 4) is 17.2 Å². The van der Waals surface area contributed by atoms with Crippen LogP contribution in [-0.4, -0.2) is 63.5 Å². The van der Waals surface area contributed by atoms with Crippen LogP contribution in [0.1, 0.15) is 25.7 Å². The lowest BCUT2D eigenvalue weighted by molar-refractivity contribution is -0.136. The quantitative estimate of drug-likeness (QED) is 0.768. The number of piperidine rings is 1. The van der Waals surface area contributed by atoms with Crippen LogP contribution >= 0.6 is 12.4 Å². The molecule has 1 amide bonds. The zero-order valence-corrected chi connectivity index (χ0v) is 17.4. The Morgan fingerprint density at radius 2 is 1.68 bits per heavy atom. The third-order valence-electron chi connectivity index (χ3n) is 5.48. The average Bonchev–Trinajstić information content (AvgIpc) is 2.74. The Bertz CT molecular complexity index is 609. The number of nitrogens with two attached hydrogens (primary N) is 1. The second-order valence-corrected chi connectivity index (χ2v) is 7.11. The summed E-state index contributed by atoms with van der Waals surface area (Å²) in [7, 11) is 3.22. The predicted molar refractivity (Wildman–Crippen MR) is 109 cm³/mol. The summed E-state index contributed by atoms with van der Waals surface area (Å²) in [5, 5.41) is 0. The van der Waals surface area contributed by atoms with Crippen LogP contribution in [0.4, 0.5) is 0 Å². The van der Waals surface area contributed by atoms with Gasteiger partial charge in [-0.2, -0.15) is 0 Å². The summed E-state index contributed by atoms with van der Waals surface area (Å²) < 4.78 is 22.3. The first-order valence-electron chi connectivity index (χ1n) is 9.63. The number of carbonyl (C=O) groups excluding carboxylic acids is 1. The Labute approximate surface area is 172 Å². The van der Waals surface area contributed by atoms with Crippen molar-refractivity contribution < 1.29 is 23.7 Å². The largest absolute Gasteiger partial charge is 0.493 e. The minimum absolute atomic E-state index is 0. The van der Waals surface area contributed by atoms with Crippen LogP contribution < -0.4 is 19.9 Å². The molecule has 0 aliphatic carbocycles. The Morgan fingerprint density at radius 1 is 1.11 bits per heavy atom. The highest BCUT2D eigenvalue weighted by atomic mass is 35.5. The smallest absolute Gasteiger partial charge is 0.239 e. The number of hydrogen-bond donors (Lipinski definition) is 1. The highest BCUT2D eigenvalue weighted by molar-refractivity contribution is 5.85. The van der Waals surface area contributed by atoms with Crippen LogP contribution in [0.25, 0.3) is 0 Å². The summed E-state index contributed by atoms with van der Waals surface area (Å²) in [5.41, 5.74) is 6.25. The number of para-hydroxylation sites is 1. The van der Waals surface area contributed by atoms with Crippen molar-refractivity contribution in [3.05, 3.63) is 18.2 Å². The normalized spacial score (nSPS) is 19.5. The Morgan fingerprint density at radius 3 is 2.21 bits per heavy atom. The Kier molecular flexibility index (Phi) is 8.66. The number of amides is 1. The van der Waals surface area contributed by atoms with Crippen LogP contribution in [0, 0.1) is 5.92 Å². The first-order valence-corrected chi connectivity index (χ1v) is 9.63. The molecule has 0 saturated carbocycles. The van der Waals surface area contributed by atoms with Crippen molar-refractivity contribution in [2.45, 2.75) is 37.8 Å². The van der Waals surface area contributed by atoms with Gasteiger partial charge in [0.2, 0.25) is 11.7 Å². The molecule has 1 unspecified atom stereocenters. The van der Waals surface area contributed by atoms with Gasteiger partial charge in [0.25, 0.3) is 0 Å². The second-order valence-electron chi connectivity index (χ2n) is 7.11. The van der Waals surface area contributed by atoms with E-state index in [0.29, 0.717) is 43.6 Å². The molecule has 8 heteroatoms. The van der Waals surface area contributed by atoms with Gasteiger partial charge < -0.3 is 29.6 Å². The van der Waals surface area contributed by atoms with Gasteiger partial charge in [0.1, 0.15) is 6.10 Å². The topological polar surface area (TPSA) is 83.2 Å². The number of likely N-dealkylation sites (tertiary alicyclic amines) is 1. The molecule has 0 bridgehead atoms. The van der Waals surface area contributed by atoms with Crippen LogP contribution in [-0.2, 0) is 9.53 Å². The van der Waals surface area contributed by atoms with Gasteiger partial charge in [-0.05, 0) is 30.9 Å². The number of halogens is 1. The molecule has 0 radical (unpaired) electrons. The SMILES string of the molecule is COc1cccc(OC)c1OC1CCN(C(=O)C(N)C2CCOCC2)CC1.Cl. The van der Waals surface area contributed by atoms with Gasteiger partial charge in [0.05, 0.1) is 20.3 Å². The molecule has 2 aliphatic rings. The minimum atomic E-state index is -0.430. The number of hydrogen-bond acceptors (Lipinski definition) is 6. The molecule has 2 heterocycles. The third kappa shape index (κ3) is 5.21. The van der Waals surface area contributed by atoms with Gasteiger partial charge in [0.15, 0.2) is 11.5 Å². The molecule has 3 rings (SSSR count). The first-order chi connectivity index (χ1) is 13.1. The number of methoxy groups -OCH3 is 2. The Balaban J connectivity index is 0.00000280. The van der Waals surface area contributed by atoms with Gasteiger partial charge in [-0.15, -0.1) is 12.4 Å². The van der Waals surface area contributed by atoms with E-state index in [-0.39, 0.29) is 30.3 Å². The van der Waals surface area contributed by atoms with Crippen LogP contribution in [0.15, 0.2) is 18.2 Å². The van der Waals surface area contributed by atoms with E-state index in [0.717, 1.165) is 25.7 Å². The summed E-state index contributed by atoms with van der Waals surface area (Å²) in [6.45, 7) is 2.69. The molecule has 1 aromatic carbocycles. The second kappa shape index (κ2) is 10.7. The van der Waals surface area contributed by atoms with Crippen molar-refractivity contribution in [2.24, 2.45) is 11.7 Å². The van der Waals surface area contributed by atoms with Crippen LogP contribution in [0.2, 0.25) is 0 Å². The molecule has 0 spiro atoms. The average molecular weight is 415 g/mol. The lowest BCUT2D eigenvalue weighted by Gasteiger charge is -2.36. The molecule has 7 nitrogen and oxygen atoms in total. The van der Waals surface area contributed by atoms with Gasteiger partial charge in [-0.25, -0.2) is 0 Å². The van der Waals surface area contributed by atoms with Crippen molar-refractivity contribution in [2.75, 3.05) is 40.5 Å². The lowest BCUT2D eigenvalue weighted by atomic mass is 9.91. The van der Waals surface area contributed by atoms with Crippen molar-refractivity contribution in [3.63, 3.8) is 0 Å². The van der Waals surface area contributed by atoms with E-state index >= 15 is 0 Å². The molecule has 1 aromatic rings. The lowest BCUT2D eigenvalue weighted by Crippen LogP contribution is -2.52. The van der Waals surface area contributed by atoms with Crippen molar-refractivity contribution in [1.29, 1.82) is 0 Å². The van der Waals surface area contributed by atoms with E-state index in [1.54, 1.807) is 14.2 Å². The first kappa shape index (κ1) is 22.6. The van der Waals surface area contributed by atoms with E-state index in [2.05, 4.69) is 0 Å². The fourth-order valence-electron chi connectivity index (χ4n) is 3.78. The highest BCUT2D eigenvalue weighted by Crippen LogP contribution is 2.38. The zero-order chi connectivity index (χ0) is 19.2. The van der Waals surface area contributed by atoms with E-state index in [1.807, 2.05) is 23.1 Å². The predicted octanol–water partition coefficient (Wildman–Crippen LogP) is 2.25. The molecule has 2 aliphatic heterocycles. The van der Waals surface area contributed by atoms with E-state index in [4.69, 9.17) is 24.7 Å². The molecule has 28 heavy (non-hydrogen) atoms. The van der Waals surface area contributed by atoms with E-state index in [9.17, 15) is 4.79 Å². The van der Waals surface area contributed by atoms with Crippen LogP contribution in [0.3, 0.4) is 0 Å². The van der Waals surface area contributed by atoms with E-state index in [1.165, 1.54) is 0 Å². The highest BCUT2D eigenvalue weighted by Gasteiger charge is 2.32. The molecule has 2 fully saturated rings. The monoisotopic (exact) mass is 414 g/mol. The maximum atomic E-state index is 12.7. The number of rotatable bonds is 6. The summed E-state index contributed by atoms with van der Waals surface area (Å²) in [6.07, 6.45) is 3.25. The fourth-order valence-corrected chi connectivity index (χ4v) is 3.78. The van der Waals surface area contributed by atoms with Gasteiger partial charge in [-0.3, -0.25) is 4.79 Å². The van der Waals surface area contributed by atoms with Gasteiger partial charge >= 0.3 is 0 Å².